The number of aromatic nitrogens is 1. The van der Waals surface area contributed by atoms with Crippen molar-refractivity contribution in [2.45, 2.75) is 13.3 Å². The largest absolute Gasteiger partial charge is 0.494 e. The maximum Gasteiger partial charge on any atom is 0.287 e. The first kappa shape index (κ1) is 13.9. The third-order valence-corrected chi connectivity index (χ3v) is 2.58. The van der Waals surface area contributed by atoms with Gasteiger partial charge in [-0.05, 0) is 48.4 Å². The van der Waals surface area contributed by atoms with Crippen molar-refractivity contribution >= 4 is 12.1 Å². The van der Waals surface area contributed by atoms with Crippen LogP contribution in [0.5, 0.6) is 5.75 Å². The highest BCUT2D eigenvalue weighted by molar-refractivity contribution is 5.93. The molecular weight excluding hydrogens is 254 g/mol. The van der Waals surface area contributed by atoms with E-state index < -0.39 is 0 Å². The molecule has 0 aliphatic rings. The number of carbonyl (C=O) groups excluding carboxylic acids is 1. The Hall–Kier alpha value is -2.56. The van der Waals surface area contributed by atoms with Crippen LogP contribution in [0.4, 0.5) is 0 Å². The molecule has 0 saturated carbocycles. The number of aromatic amines is 1. The highest BCUT2D eigenvalue weighted by atomic mass is 16.5. The molecule has 0 bridgehead atoms. The normalized spacial score (nSPS) is 10.7. The number of amides is 1. The summed E-state index contributed by atoms with van der Waals surface area (Å²) >= 11 is 0. The second kappa shape index (κ2) is 7.13. The molecule has 0 atom stereocenters. The van der Waals surface area contributed by atoms with Gasteiger partial charge in [0, 0.05) is 6.20 Å². The smallest absolute Gasteiger partial charge is 0.287 e. The highest BCUT2D eigenvalue weighted by Gasteiger charge is 2.02. The van der Waals surface area contributed by atoms with E-state index in [0.29, 0.717) is 12.3 Å². The van der Waals surface area contributed by atoms with E-state index in [0.717, 1.165) is 17.7 Å². The average Bonchev–Trinajstić information content (AvgIpc) is 3.00. The van der Waals surface area contributed by atoms with E-state index in [-0.39, 0.29) is 5.91 Å². The van der Waals surface area contributed by atoms with Gasteiger partial charge in [-0.25, -0.2) is 5.43 Å². The summed E-state index contributed by atoms with van der Waals surface area (Å²) in [5.41, 5.74) is 3.82. The Morgan fingerprint density at radius 2 is 2.15 bits per heavy atom. The maximum atomic E-state index is 11.6. The van der Waals surface area contributed by atoms with Crippen molar-refractivity contribution in [1.29, 1.82) is 0 Å². The topological polar surface area (TPSA) is 66.5 Å². The number of nitrogens with one attached hydrogen (secondary N) is 2. The van der Waals surface area contributed by atoms with Crippen molar-refractivity contribution in [2.24, 2.45) is 5.10 Å². The molecule has 104 valence electrons. The number of benzene rings is 1. The lowest BCUT2D eigenvalue weighted by atomic mass is 10.2. The van der Waals surface area contributed by atoms with Crippen LogP contribution in [0.3, 0.4) is 0 Å². The van der Waals surface area contributed by atoms with Gasteiger partial charge in [0.25, 0.3) is 5.91 Å². The molecular formula is C15H17N3O2. The predicted molar refractivity (Wildman–Crippen MR) is 78.1 cm³/mol. The predicted octanol–water partition coefficient (Wildman–Crippen LogP) is 2.57. The average molecular weight is 271 g/mol. The SMILES string of the molecule is CCCOc1ccc(/C=N\NC(=O)c2ccc[nH]2)cc1. The van der Waals surface area contributed by atoms with Gasteiger partial charge in [0.05, 0.1) is 12.8 Å². The summed E-state index contributed by atoms with van der Waals surface area (Å²) in [6.45, 7) is 2.77. The van der Waals surface area contributed by atoms with Crippen LogP contribution in [0, 0.1) is 0 Å². The van der Waals surface area contributed by atoms with Crippen LogP contribution in [0.15, 0.2) is 47.7 Å². The molecule has 1 aromatic heterocycles. The number of hydrazone groups is 1. The lowest BCUT2D eigenvalue weighted by Gasteiger charge is -2.03. The Morgan fingerprint density at radius 1 is 1.35 bits per heavy atom. The first-order chi connectivity index (χ1) is 9.79. The number of rotatable bonds is 6. The van der Waals surface area contributed by atoms with Crippen LogP contribution in [0.2, 0.25) is 0 Å². The minimum atomic E-state index is -0.269. The van der Waals surface area contributed by atoms with Crippen LogP contribution >= 0.6 is 0 Å². The van der Waals surface area contributed by atoms with Crippen molar-refractivity contribution < 1.29 is 9.53 Å². The van der Waals surface area contributed by atoms with Gasteiger partial charge in [-0.1, -0.05) is 6.92 Å². The van der Waals surface area contributed by atoms with Crippen LogP contribution in [-0.4, -0.2) is 23.7 Å². The summed E-state index contributed by atoms with van der Waals surface area (Å²) < 4.78 is 5.48. The molecule has 2 rings (SSSR count). The minimum absolute atomic E-state index is 0.269. The number of hydrogen-bond donors (Lipinski definition) is 2. The van der Waals surface area contributed by atoms with Gasteiger partial charge in [0.2, 0.25) is 0 Å². The standard InChI is InChI=1S/C15H17N3O2/c1-2-10-20-13-7-5-12(6-8-13)11-17-18-15(19)14-4-3-9-16-14/h3-9,11,16H,2,10H2,1H3,(H,18,19)/b17-11-. The summed E-state index contributed by atoms with van der Waals surface area (Å²) in [6, 6.07) is 11.0. The van der Waals surface area contributed by atoms with E-state index in [1.54, 1.807) is 24.5 Å². The van der Waals surface area contributed by atoms with Crippen molar-refractivity contribution in [3.05, 3.63) is 53.9 Å². The molecule has 0 fully saturated rings. The van der Waals surface area contributed by atoms with Gasteiger partial charge in [0.1, 0.15) is 11.4 Å². The number of carbonyl (C=O) groups is 1. The number of hydrogen-bond acceptors (Lipinski definition) is 3. The number of nitrogens with zero attached hydrogens (tertiary/aromatic N) is 1. The van der Waals surface area contributed by atoms with Crippen LogP contribution in [0.1, 0.15) is 29.4 Å². The number of H-pyrrole nitrogens is 1. The van der Waals surface area contributed by atoms with Gasteiger partial charge in [-0.2, -0.15) is 5.10 Å². The zero-order chi connectivity index (χ0) is 14.2. The third-order valence-electron chi connectivity index (χ3n) is 2.58. The van der Waals surface area contributed by atoms with Gasteiger partial charge in [-0.3, -0.25) is 4.79 Å². The van der Waals surface area contributed by atoms with E-state index >= 15 is 0 Å². The first-order valence-corrected chi connectivity index (χ1v) is 6.49. The Labute approximate surface area is 117 Å². The second-order valence-electron chi connectivity index (χ2n) is 4.20. The van der Waals surface area contributed by atoms with E-state index in [9.17, 15) is 4.79 Å². The quantitative estimate of drug-likeness (QED) is 0.626. The summed E-state index contributed by atoms with van der Waals surface area (Å²) in [7, 11) is 0. The number of ether oxygens (including phenoxy) is 1. The lowest BCUT2D eigenvalue weighted by Crippen LogP contribution is -2.17. The third kappa shape index (κ3) is 3.98. The summed E-state index contributed by atoms with van der Waals surface area (Å²) in [6.07, 6.45) is 4.26. The van der Waals surface area contributed by atoms with Gasteiger partial charge < -0.3 is 9.72 Å². The van der Waals surface area contributed by atoms with Gasteiger partial charge in [0.15, 0.2) is 0 Å². The molecule has 1 amide bonds. The molecule has 1 heterocycles. The molecule has 2 aromatic rings. The minimum Gasteiger partial charge on any atom is -0.494 e. The van der Waals surface area contributed by atoms with Crippen LogP contribution in [-0.2, 0) is 0 Å². The Kier molecular flexibility index (Phi) is 4.94. The lowest BCUT2D eigenvalue weighted by molar-refractivity contribution is 0.0951. The highest BCUT2D eigenvalue weighted by Crippen LogP contribution is 2.11. The fourth-order valence-corrected chi connectivity index (χ4v) is 1.57. The monoisotopic (exact) mass is 271 g/mol. The van der Waals surface area contributed by atoms with Crippen LogP contribution < -0.4 is 10.2 Å². The maximum absolute atomic E-state index is 11.6. The first-order valence-electron chi connectivity index (χ1n) is 6.49. The molecule has 0 saturated heterocycles. The molecule has 5 heteroatoms. The summed E-state index contributed by atoms with van der Waals surface area (Å²) in [5, 5.41) is 3.90. The van der Waals surface area contributed by atoms with E-state index in [1.807, 2.05) is 24.3 Å². The van der Waals surface area contributed by atoms with Crippen molar-refractivity contribution in [3.8, 4) is 5.75 Å². The summed E-state index contributed by atoms with van der Waals surface area (Å²) in [5.74, 6) is 0.563. The van der Waals surface area contributed by atoms with E-state index in [1.165, 1.54) is 0 Å². The van der Waals surface area contributed by atoms with Crippen LogP contribution in [0.25, 0.3) is 0 Å². The molecule has 20 heavy (non-hydrogen) atoms. The van der Waals surface area contributed by atoms with E-state index in [2.05, 4.69) is 22.4 Å². The van der Waals surface area contributed by atoms with E-state index in [4.69, 9.17) is 4.74 Å². The van der Waals surface area contributed by atoms with Crippen molar-refractivity contribution in [1.82, 2.24) is 10.4 Å². The van der Waals surface area contributed by atoms with Crippen molar-refractivity contribution in [2.75, 3.05) is 6.61 Å². The Morgan fingerprint density at radius 3 is 2.80 bits per heavy atom. The molecule has 5 nitrogen and oxygen atoms in total. The molecule has 0 radical (unpaired) electrons. The van der Waals surface area contributed by atoms with Gasteiger partial charge >= 0.3 is 0 Å². The molecule has 0 aliphatic carbocycles. The second-order valence-corrected chi connectivity index (χ2v) is 4.20. The Balaban J connectivity index is 1.86. The summed E-state index contributed by atoms with van der Waals surface area (Å²) in [4.78, 5) is 14.4. The molecule has 2 N–H and O–H groups in total. The fraction of sp³-hybridized carbons (Fsp3) is 0.200. The fourth-order valence-electron chi connectivity index (χ4n) is 1.57. The molecule has 0 unspecified atom stereocenters. The molecule has 0 aliphatic heterocycles. The zero-order valence-electron chi connectivity index (χ0n) is 11.3. The zero-order valence-corrected chi connectivity index (χ0v) is 11.3. The molecule has 0 spiro atoms. The van der Waals surface area contributed by atoms with Crippen molar-refractivity contribution in [3.63, 3.8) is 0 Å². The van der Waals surface area contributed by atoms with Gasteiger partial charge in [-0.15, -0.1) is 0 Å². The Bertz CT molecular complexity index is 559. The molecule has 1 aromatic carbocycles.